The van der Waals surface area contributed by atoms with Gasteiger partial charge in [0, 0.05) is 31.2 Å². The molecule has 2 N–H and O–H groups in total. The van der Waals surface area contributed by atoms with Crippen molar-refractivity contribution in [1.29, 1.82) is 0 Å². The molecule has 3 fully saturated rings. The van der Waals surface area contributed by atoms with Crippen molar-refractivity contribution in [2.75, 3.05) is 25.4 Å². The van der Waals surface area contributed by atoms with E-state index in [1.54, 1.807) is 21.6 Å². The summed E-state index contributed by atoms with van der Waals surface area (Å²) in [5, 5.41) is 0. The maximum atomic E-state index is 12.3. The van der Waals surface area contributed by atoms with Crippen LogP contribution in [0.15, 0.2) is 0 Å². The van der Waals surface area contributed by atoms with Gasteiger partial charge in [0.1, 0.15) is 6.04 Å². The van der Waals surface area contributed by atoms with Gasteiger partial charge >= 0.3 is 5.97 Å². The molecule has 0 radical (unpaired) electrons. The summed E-state index contributed by atoms with van der Waals surface area (Å²) >= 11 is 1.59. The molecule has 0 aliphatic carbocycles. The number of hydrogen-bond donors (Lipinski definition) is 1. The molecule has 0 bridgehead atoms. The van der Waals surface area contributed by atoms with Crippen LogP contribution in [-0.4, -0.2) is 69.9 Å². The van der Waals surface area contributed by atoms with E-state index in [2.05, 4.69) is 0 Å². The molecule has 3 amide bonds. The van der Waals surface area contributed by atoms with Gasteiger partial charge in [-0.3, -0.25) is 14.4 Å². The zero-order valence-corrected chi connectivity index (χ0v) is 15.0. The van der Waals surface area contributed by atoms with Crippen LogP contribution in [-0.2, 0) is 23.9 Å². The van der Waals surface area contributed by atoms with Crippen LogP contribution in [0, 0.1) is 5.92 Å². The molecule has 0 spiro atoms. The maximum absolute atomic E-state index is 12.3. The Kier molecular flexibility index (Phi) is 4.95. The second kappa shape index (κ2) is 6.86. The van der Waals surface area contributed by atoms with Gasteiger partial charge in [-0.15, -0.1) is 11.8 Å². The number of likely N-dealkylation sites (tertiary alicyclic amines) is 1. The fourth-order valence-corrected chi connectivity index (χ4v) is 5.15. The zero-order chi connectivity index (χ0) is 18.2. The minimum Gasteiger partial charge on any atom is -0.454 e. The van der Waals surface area contributed by atoms with Crippen molar-refractivity contribution in [2.45, 2.75) is 43.5 Å². The number of nitrogens with two attached hydrogens (primary N) is 1. The van der Waals surface area contributed by atoms with Crippen molar-refractivity contribution < 1.29 is 23.9 Å². The summed E-state index contributed by atoms with van der Waals surface area (Å²) in [4.78, 5) is 50.6. The summed E-state index contributed by atoms with van der Waals surface area (Å²) in [6, 6.07) is -0.613. The van der Waals surface area contributed by atoms with Gasteiger partial charge in [-0.05, 0) is 26.2 Å². The van der Waals surface area contributed by atoms with Crippen molar-refractivity contribution in [3.63, 3.8) is 0 Å². The highest BCUT2D eigenvalue weighted by Gasteiger charge is 2.53. The molecule has 0 aromatic rings. The van der Waals surface area contributed by atoms with E-state index in [1.807, 2.05) is 6.92 Å². The van der Waals surface area contributed by atoms with Crippen LogP contribution >= 0.6 is 11.8 Å². The van der Waals surface area contributed by atoms with Crippen molar-refractivity contribution >= 4 is 35.5 Å². The Morgan fingerprint density at radius 2 is 2.00 bits per heavy atom. The topological polar surface area (TPSA) is 110 Å². The van der Waals surface area contributed by atoms with Gasteiger partial charge in [-0.2, -0.15) is 0 Å². The molecule has 3 rings (SSSR count). The Labute approximate surface area is 150 Å². The van der Waals surface area contributed by atoms with E-state index in [-0.39, 0.29) is 35.1 Å². The summed E-state index contributed by atoms with van der Waals surface area (Å²) in [6.45, 7) is 2.50. The Balaban J connectivity index is 1.49. The van der Waals surface area contributed by atoms with Crippen molar-refractivity contribution in [1.82, 2.24) is 9.80 Å². The summed E-state index contributed by atoms with van der Waals surface area (Å²) < 4.78 is 5.19. The lowest BCUT2D eigenvalue weighted by atomic mass is 9.96. The number of nitrogens with zero attached hydrogens (tertiary/aromatic N) is 2. The lowest BCUT2D eigenvalue weighted by Gasteiger charge is -2.31. The van der Waals surface area contributed by atoms with Gasteiger partial charge < -0.3 is 20.3 Å². The standard InChI is InChI=1S/C16H23N3O5S/c1-16-5-2-12(20)19(16)11(9-25-16)15(23)24-8-13(21)18-6-3-10(4-7-18)14(17)22/h10-11H,2-9H2,1H3,(H2,17,22)/t11-,16+/m0/s1. The fourth-order valence-electron chi connectivity index (χ4n) is 3.73. The quantitative estimate of drug-likeness (QED) is 0.682. The number of amides is 3. The molecule has 2 atom stereocenters. The van der Waals surface area contributed by atoms with Gasteiger partial charge in [0.2, 0.25) is 11.8 Å². The number of fused-ring (bicyclic) bond motifs is 1. The molecule has 0 aromatic carbocycles. The number of esters is 1. The summed E-state index contributed by atoms with van der Waals surface area (Å²) in [5.41, 5.74) is 5.28. The molecular formula is C16H23N3O5S. The van der Waals surface area contributed by atoms with Crippen LogP contribution in [0.5, 0.6) is 0 Å². The highest BCUT2D eigenvalue weighted by molar-refractivity contribution is 8.01. The normalized spacial score (nSPS) is 29.6. The second-order valence-electron chi connectivity index (χ2n) is 6.93. The van der Waals surface area contributed by atoms with E-state index in [4.69, 9.17) is 10.5 Å². The number of thioether (sulfide) groups is 1. The number of carbonyl (C=O) groups is 4. The van der Waals surface area contributed by atoms with Crippen LogP contribution in [0.4, 0.5) is 0 Å². The first-order valence-corrected chi connectivity index (χ1v) is 9.50. The van der Waals surface area contributed by atoms with Crippen molar-refractivity contribution in [3.05, 3.63) is 0 Å². The largest absolute Gasteiger partial charge is 0.454 e. The number of carbonyl (C=O) groups excluding carboxylic acids is 4. The number of hydrogen-bond acceptors (Lipinski definition) is 6. The molecule has 9 heteroatoms. The summed E-state index contributed by atoms with van der Waals surface area (Å²) in [7, 11) is 0. The Morgan fingerprint density at radius 3 is 2.64 bits per heavy atom. The van der Waals surface area contributed by atoms with E-state index >= 15 is 0 Å². The van der Waals surface area contributed by atoms with E-state index in [0.29, 0.717) is 38.1 Å². The van der Waals surface area contributed by atoms with Crippen molar-refractivity contribution in [2.24, 2.45) is 11.7 Å². The SMILES string of the molecule is C[C@@]12CCC(=O)N1[C@H](C(=O)OCC(=O)N1CCC(C(N)=O)CC1)CS2. The third kappa shape index (κ3) is 3.47. The molecule has 0 saturated carbocycles. The Hall–Kier alpha value is -1.77. The number of ether oxygens (including phenoxy) is 1. The first-order chi connectivity index (χ1) is 11.8. The van der Waals surface area contributed by atoms with Crippen LogP contribution < -0.4 is 5.73 Å². The summed E-state index contributed by atoms with van der Waals surface area (Å²) in [5.74, 6) is -0.866. The predicted molar refractivity (Wildman–Crippen MR) is 90.2 cm³/mol. The predicted octanol–water partition coefficient (Wildman–Crippen LogP) is -0.292. The second-order valence-corrected chi connectivity index (χ2v) is 8.43. The van der Waals surface area contributed by atoms with Crippen LogP contribution in [0.25, 0.3) is 0 Å². The molecule has 3 aliphatic heterocycles. The number of piperidine rings is 1. The zero-order valence-electron chi connectivity index (χ0n) is 14.2. The first-order valence-electron chi connectivity index (χ1n) is 8.52. The smallest absolute Gasteiger partial charge is 0.330 e. The number of primary amides is 1. The lowest BCUT2D eigenvalue weighted by Crippen LogP contribution is -2.48. The molecule has 138 valence electrons. The molecule has 3 heterocycles. The van der Waals surface area contributed by atoms with Gasteiger partial charge in [0.05, 0.1) is 4.87 Å². The molecule has 3 saturated heterocycles. The molecule has 3 aliphatic rings. The van der Waals surface area contributed by atoms with Gasteiger partial charge in [0.25, 0.3) is 5.91 Å². The lowest BCUT2D eigenvalue weighted by molar-refractivity contribution is -0.158. The minimum atomic E-state index is -0.613. The molecule has 0 aromatic heterocycles. The van der Waals surface area contributed by atoms with Crippen LogP contribution in [0.1, 0.15) is 32.6 Å². The summed E-state index contributed by atoms with van der Waals surface area (Å²) in [6.07, 6.45) is 2.25. The Morgan fingerprint density at radius 1 is 1.32 bits per heavy atom. The van der Waals surface area contributed by atoms with E-state index in [9.17, 15) is 19.2 Å². The average Bonchev–Trinajstić information content (AvgIpc) is 3.09. The van der Waals surface area contributed by atoms with E-state index in [1.165, 1.54) is 0 Å². The molecule has 0 unspecified atom stereocenters. The monoisotopic (exact) mass is 369 g/mol. The fraction of sp³-hybridized carbons (Fsp3) is 0.750. The third-order valence-corrected chi connectivity index (χ3v) is 6.81. The van der Waals surface area contributed by atoms with E-state index < -0.39 is 12.0 Å². The van der Waals surface area contributed by atoms with Gasteiger partial charge in [-0.1, -0.05) is 0 Å². The van der Waals surface area contributed by atoms with Crippen molar-refractivity contribution in [3.8, 4) is 0 Å². The number of rotatable bonds is 4. The minimum absolute atomic E-state index is 0.0331. The average molecular weight is 369 g/mol. The Bertz CT molecular complexity index is 605. The third-order valence-electron chi connectivity index (χ3n) is 5.30. The highest BCUT2D eigenvalue weighted by Crippen LogP contribution is 2.47. The molecule has 25 heavy (non-hydrogen) atoms. The van der Waals surface area contributed by atoms with Crippen LogP contribution in [0.3, 0.4) is 0 Å². The highest BCUT2D eigenvalue weighted by atomic mass is 32.2. The van der Waals surface area contributed by atoms with E-state index in [0.717, 1.165) is 6.42 Å². The van der Waals surface area contributed by atoms with Crippen LogP contribution in [0.2, 0.25) is 0 Å². The maximum Gasteiger partial charge on any atom is 0.330 e. The van der Waals surface area contributed by atoms with Gasteiger partial charge in [-0.25, -0.2) is 4.79 Å². The molecular weight excluding hydrogens is 346 g/mol. The first kappa shape index (κ1) is 18.0. The van der Waals surface area contributed by atoms with Gasteiger partial charge in [0.15, 0.2) is 6.61 Å². The molecule has 8 nitrogen and oxygen atoms in total.